The fourth-order valence-corrected chi connectivity index (χ4v) is 2.13. The molecule has 0 aromatic heterocycles. The molecule has 1 aliphatic carbocycles. The summed E-state index contributed by atoms with van der Waals surface area (Å²) in [7, 11) is 0. The quantitative estimate of drug-likeness (QED) is 0.360. The van der Waals surface area contributed by atoms with Crippen molar-refractivity contribution >= 4 is 29.9 Å². The van der Waals surface area contributed by atoms with Gasteiger partial charge in [0.1, 0.15) is 0 Å². The number of aliphatic imine (C=N–C) groups is 1. The molecule has 0 aromatic carbocycles. The summed E-state index contributed by atoms with van der Waals surface area (Å²) in [5, 5.41) is 16.6. The predicted octanol–water partition coefficient (Wildman–Crippen LogP) is 2.51. The normalized spacial score (nSPS) is 17.6. The molecule has 0 aromatic rings. The molecule has 114 valence electrons. The van der Waals surface area contributed by atoms with E-state index >= 15 is 0 Å². The molecular formula is C14H30IN3O. The minimum atomic E-state index is -0.530. The minimum absolute atomic E-state index is 0. The molecule has 0 saturated heterocycles. The van der Waals surface area contributed by atoms with Gasteiger partial charge >= 0.3 is 0 Å². The van der Waals surface area contributed by atoms with Crippen molar-refractivity contribution in [3.05, 3.63) is 0 Å². The lowest BCUT2D eigenvalue weighted by Gasteiger charge is -2.35. The lowest BCUT2D eigenvalue weighted by atomic mass is 9.80. The van der Waals surface area contributed by atoms with Gasteiger partial charge in [-0.1, -0.05) is 26.7 Å². The fraction of sp³-hybridized carbons (Fsp3) is 0.929. The molecule has 1 saturated carbocycles. The summed E-state index contributed by atoms with van der Waals surface area (Å²) >= 11 is 0. The Kier molecular flexibility index (Phi) is 9.78. The highest BCUT2D eigenvalue weighted by Gasteiger charge is 2.34. The minimum Gasteiger partial charge on any atom is -0.388 e. The number of rotatable bonds is 7. The summed E-state index contributed by atoms with van der Waals surface area (Å²) in [4.78, 5) is 4.49. The number of hydrogen-bond donors (Lipinski definition) is 3. The van der Waals surface area contributed by atoms with E-state index in [1.54, 1.807) is 0 Å². The first-order chi connectivity index (χ1) is 8.63. The molecule has 0 heterocycles. The van der Waals surface area contributed by atoms with Crippen LogP contribution in [0.4, 0.5) is 0 Å². The summed E-state index contributed by atoms with van der Waals surface area (Å²) in [5.41, 5.74) is -0.530. The second kappa shape index (κ2) is 9.80. The van der Waals surface area contributed by atoms with Gasteiger partial charge < -0.3 is 15.7 Å². The predicted molar refractivity (Wildman–Crippen MR) is 92.3 cm³/mol. The number of halogens is 1. The Morgan fingerprint density at radius 3 is 2.26 bits per heavy atom. The third-order valence-corrected chi connectivity index (χ3v) is 3.87. The van der Waals surface area contributed by atoms with Crippen LogP contribution in [0.15, 0.2) is 4.99 Å². The van der Waals surface area contributed by atoms with Crippen molar-refractivity contribution in [1.29, 1.82) is 0 Å². The van der Waals surface area contributed by atoms with Crippen molar-refractivity contribution in [2.45, 2.75) is 58.5 Å². The van der Waals surface area contributed by atoms with Crippen LogP contribution in [0.3, 0.4) is 0 Å². The Hall–Kier alpha value is -0.0400. The zero-order valence-corrected chi connectivity index (χ0v) is 14.9. The van der Waals surface area contributed by atoms with Gasteiger partial charge in [-0.25, -0.2) is 0 Å². The van der Waals surface area contributed by atoms with Crippen molar-refractivity contribution in [3.63, 3.8) is 0 Å². The van der Waals surface area contributed by atoms with Crippen LogP contribution in [0.25, 0.3) is 0 Å². The molecule has 1 fully saturated rings. The maximum atomic E-state index is 10.0. The summed E-state index contributed by atoms with van der Waals surface area (Å²) in [6, 6.07) is 0. The van der Waals surface area contributed by atoms with Crippen molar-refractivity contribution in [2.75, 3.05) is 19.6 Å². The van der Waals surface area contributed by atoms with E-state index in [1.807, 2.05) is 0 Å². The Morgan fingerprint density at radius 1 is 1.21 bits per heavy atom. The Balaban J connectivity index is 0.00000324. The first-order valence-corrected chi connectivity index (χ1v) is 7.38. The number of hydrogen-bond acceptors (Lipinski definition) is 2. The van der Waals surface area contributed by atoms with E-state index in [-0.39, 0.29) is 24.0 Å². The van der Waals surface area contributed by atoms with Crippen molar-refractivity contribution in [2.24, 2.45) is 10.9 Å². The lowest BCUT2D eigenvalue weighted by Crippen LogP contribution is -2.44. The van der Waals surface area contributed by atoms with Crippen LogP contribution < -0.4 is 10.6 Å². The van der Waals surface area contributed by atoms with Gasteiger partial charge in [0.05, 0.1) is 12.1 Å². The first-order valence-electron chi connectivity index (χ1n) is 7.38. The number of nitrogens with zero attached hydrogens (tertiary/aromatic N) is 1. The molecular weight excluding hydrogens is 353 g/mol. The molecule has 0 amide bonds. The Morgan fingerprint density at radius 2 is 1.84 bits per heavy atom. The van der Waals surface area contributed by atoms with Gasteiger partial charge in [0.25, 0.3) is 0 Å². The molecule has 1 rings (SSSR count). The van der Waals surface area contributed by atoms with Gasteiger partial charge in [-0.2, -0.15) is 0 Å². The van der Waals surface area contributed by atoms with E-state index in [0.29, 0.717) is 12.5 Å². The second-order valence-corrected chi connectivity index (χ2v) is 5.34. The average molecular weight is 383 g/mol. The van der Waals surface area contributed by atoms with Crippen LogP contribution in [0.2, 0.25) is 0 Å². The van der Waals surface area contributed by atoms with E-state index in [1.165, 1.54) is 12.8 Å². The smallest absolute Gasteiger partial charge is 0.191 e. The molecule has 3 N–H and O–H groups in total. The zero-order valence-electron chi connectivity index (χ0n) is 12.5. The topological polar surface area (TPSA) is 56.7 Å². The van der Waals surface area contributed by atoms with Gasteiger partial charge in [-0.3, -0.25) is 4.99 Å². The van der Waals surface area contributed by atoms with E-state index in [9.17, 15) is 5.11 Å². The van der Waals surface area contributed by atoms with Gasteiger partial charge in [-0.05, 0) is 32.1 Å². The third-order valence-electron chi connectivity index (χ3n) is 3.87. The molecule has 0 atom stereocenters. The van der Waals surface area contributed by atoms with Crippen molar-refractivity contribution in [3.8, 4) is 0 Å². The summed E-state index contributed by atoms with van der Waals surface area (Å²) < 4.78 is 0. The van der Waals surface area contributed by atoms with E-state index in [0.717, 1.165) is 38.3 Å². The molecule has 4 nitrogen and oxygen atoms in total. The van der Waals surface area contributed by atoms with Crippen molar-refractivity contribution in [1.82, 2.24) is 10.6 Å². The summed E-state index contributed by atoms with van der Waals surface area (Å²) in [5.74, 6) is 1.53. The molecule has 19 heavy (non-hydrogen) atoms. The Bertz CT molecular complexity index is 263. The van der Waals surface area contributed by atoms with Crippen LogP contribution >= 0.6 is 24.0 Å². The van der Waals surface area contributed by atoms with Crippen LogP contribution in [-0.2, 0) is 0 Å². The van der Waals surface area contributed by atoms with Crippen LogP contribution in [-0.4, -0.2) is 36.3 Å². The van der Waals surface area contributed by atoms with Crippen LogP contribution in [0, 0.1) is 5.92 Å². The van der Waals surface area contributed by atoms with E-state index in [4.69, 9.17) is 0 Å². The second-order valence-electron chi connectivity index (χ2n) is 5.34. The number of aliphatic hydroxyl groups is 1. The van der Waals surface area contributed by atoms with Crippen molar-refractivity contribution < 1.29 is 5.11 Å². The number of guanidine groups is 1. The number of nitrogens with one attached hydrogen (secondary N) is 2. The molecule has 0 bridgehead atoms. The highest BCUT2D eigenvalue weighted by molar-refractivity contribution is 14.0. The van der Waals surface area contributed by atoms with Gasteiger partial charge in [0.2, 0.25) is 0 Å². The molecule has 0 spiro atoms. The average Bonchev–Trinajstić information content (AvgIpc) is 2.34. The summed E-state index contributed by atoms with van der Waals surface area (Å²) in [6.07, 6.45) is 5.29. The van der Waals surface area contributed by atoms with E-state index < -0.39 is 5.60 Å². The largest absolute Gasteiger partial charge is 0.388 e. The third kappa shape index (κ3) is 6.79. The first kappa shape index (κ1) is 19.0. The fourth-order valence-electron chi connectivity index (χ4n) is 2.13. The summed E-state index contributed by atoms with van der Waals surface area (Å²) in [6.45, 7) is 8.83. The SMILES string of the molecule is CCNC(=NCC1(O)CCC1)NCC(CC)CC.I. The van der Waals surface area contributed by atoms with Crippen LogP contribution in [0.5, 0.6) is 0 Å². The highest BCUT2D eigenvalue weighted by atomic mass is 127. The van der Waals surface area contributed by atoms with Gasteiger partial charge in [-0.15, -0.1) is 24.0 Å². The van der Waals surface area contributed by atoms with Gasteiger partial charge in [0, 0.05) is 13.1 Å². The van der Waals surface area contributed by atoms with Crippen LogP contribution in [0.1, 0.15) is 52.9 Å². The molecule has 1 aliphatic rings. The lowest BCUT2D eigenvalue weighted by molar-refractivity contribution is -0.0236. The molecule has 0 radical (unpaired) electrons. The molecule has 0 unspecified atom stereocenters. The molecule has 0 aliphatic heterocycles. The maximum Gasteiger partial charge on any atom is 0.191 e. The zero-order chi connectivity index (χ0) is 13.4. The van der Waals surface area contributed by atoms with E-state index in [2.05, 4.69) is 36.4 Å². The highest BCUT2D eigenvalue weighted by Crippen LogP contribution is 2.31. The molecule has 5 heteroatoms. The van der Waals surface area contributed by atoms with Gasteiger partial charge in [0.15, 0.2) is 5.96 Å². The monoisotopic (exact) mass is 383 g/mol. The maximum absolute atomic E-state index is 10.0. The Labute approximate surface area is 134 Å². The standard InChI is InChI=1S/C14H29N3O.HI/c1-4-12(5-2)10-16-13(15-6-3)17-11-14(18)8-7-9-14;/h12,18H,4-11H2,1-3H3,(H2,15,16,17);1H.